The Hall–Kier alpha value is -1.95. The van der Waals surface area contributed by atoms with Crippen LogP contribution in [0.1, 0.15) is 16.1 Å². The zero-order chi connectivity index (χ0) is 12.3. The third-order valence-electron chi connectivity index (χ3n) is 1.97. The van der Waals surface area contributed by atoms with Gasteiger partial charge in [-0.05, 0) is 30.8 Å². The molecule has 0 aliphatic carbocycles. The minimum atomic E-state index is -0.996. The van der Waals surface area contributed by atoms with Crippen LogP contribution in [0.25, 0.3) is 0 Å². The molecule has 6 heteroatoms. The first kappa shape index (κ1) is 11.5. The van der Waals surface area contributed by atoms with Crippen LogP contribution < -0.4 is 0 Å². The number of carboxylic acids is 1. The molecule has 0 spiro atoms. The molecule has 0 aromatic carbocycles. The molecule has 2 aromatic rings. The molecule has 5 nitrogen and oxygen atoms in total. The van der Waals surface area contributed by atoms with Crippen molar-refractivity contribution in [3.63, 3.8) is 0 Å². The summed E-state index contributed by atoms with van der Waals surface area (Å²) >= 11 is 1.19. The van der Waals surface area contributed by atoms with Crippen molar-refractivity contribution < 1.29 is 9.90 Å². The highest BCUT2D eigenvalue weighted by atomic mass is 32.2. The second kappa shape index (κ2) is 4.92. The third-order valence-corrected chi connectivity index (χ3v) is 2.90. The minimum Gasteiger partial charge on any atom is -0.478 e. The van der Waals surface area contributed by atoms with Crippen LogP contribution in [0.2, 0.25) is 0 Å². The zero-order valence-corrected chi connectivity index (χ0v) is 9.81. The normalized spacial score (nSPS) is 10.2. The number of carbonyl (C=O) groups is 1. The molecule has 0 bridgehead atoms. The van der Waals surface area contributed by atoms with Crippen LogP contribution >= 0.6 is 11.8 Å². The van der Waals surface area contributed by atoms with Crippen LogP contribution in [0.15, 0.2) is 40.8 Å². The monoisotopic (exact) mass is 247 g/mol. The quantitative estimate of drug-likeness (QED) is 0.894. The van der Waals surface area contributed by atoms with Crippen LogP contribution in [0.5, 0.6) is 0 Å². The number of aryl methyl sites for hydroxylation is 1. The molecule has 2 heterocycles. The fraction of sp³-hybridized carbons (Fsp3) is 0.0909. The number of hydrogen-bond acceptors (Lipinski definition) is 5. The Balaban J connectivity index is 2.37. The van der Waals surface area contributed by atoms with Gasteiger partial charge in [0.15, 0.2) is 0 Å². The summed E-state index contributed by atoms with van der Waals surface area (Å²) in [5.41, 5.74) is 0.938. The lowest BCUT2D eigenvalue weighted by Crippen LogP contribution is -2.01. The molecule has 0 saturated heterocycles. The van der Waals surface area contributed by atoms with Crippen molar-refractivity contribution in [2.45, 2.75) is 17.0 Å². The van der Waals surface area contributed by atoms with E-state index in [1.807, 2.05) is 6.92 Å². The maximum atomic E-state index is 11.0. The van der Waals surface area contributed by atoms with Gasteiger partial charge in [0.25, 0.3) is 0 Å². The average molecular weight is 247 g/mol. The largest absolute Gasteiger partial charge is 0.478 e. The van der Waals surface area contributed by atoms with E-state index in [1.165, 1.54) is 11.8 Å². The molecule has 1 N–H and O–H groups in total. The number of aromatic carboxylic acids is 1. The van der Waals surface area contributed by atoms with Gasteiger partial charge < -0.3 is 5.11 Å². The summed E-state index contributed by atoms with van der Waals surface area (Å²) in [5.74, 6) is -0.996. The average Bonchev–Trinajstić information content (AvgIpc) is 2.30. The second-order valence-electron chi connectivity index (χ2n) is 3.26. The van der Waals surface area contributed by atoms with Crippen LogP contribution in [0, 0.1) is 6.92 Å². The maximum absolute atomic E-state index is 11.0. The molecule has 0 unspecified atom stereocenters. The fourth-order valence-corrected chi connectivity index (χ4v) is 2.09. The van der Waals surface area contributed by atoms with Gasteiger partial charge in [0.05, 0.1) is 11.8 Å². The standard InChI is InChI=1S/C11H9N3O2S/c1-7-2-3-8(11(15)16)10(14-7)17-9-6-12-4-5-13-9/h2-6H,1H3,(H,15,16). The fourth-order valence-electron chi connectivity index (χ4n) is 1.21. The molecular weight excluding hydrogens is 238 g/mol. The Morgan fingerprint density at radius 1 is 1.35 bits per heavy atom. The number of pyridine rings is 1. The second-order valence-corrected chi connectivity index (χ2v) is 4.27. The highest BCUT2D eigenvalue weighted by Gasteiger charge is 2.13. The Kier molecular flexibility index (Phi) is 3.34. The SMILES string of the molecule is Cc1ccc(C(=O)O)c(Sc2cnccn2)n1. The predicted octanol–water partition coefficient (Wildman–Crippen LogP) is 2.03. The van der Waals surface area contributed by atoms with E-state index in [-0.39, 0.29) is 5.56 Å². The van der Waals surface area contributed by atoms with Gasteiger partial charge in [0.2, 0.25) is 0 Å². The van der Waals surface area contributed by atoms with Gasteiger partial charge in [0, 0.05) is 18.1 Å². The zero-order valence-electron chi connectivity index (χ0n) is 8.99. The van der Waals surface area contributed by atoms with Gasteiger partial charge in [-0.3, -0.25) is 4.98 Å². The van der Waals surface area contributed by atoms with E-state index >= 15 is 0 Å². The van der Waals surface area contributed by atoms with Crippen LogP contribution in [-0.2, 0) is 0 Å². The number of nitrogens with zero attached hydrogens (tertiary/aromatic N) is 3. The van der Waals surface area contributed by atoms with Crippen molar-refractivity contribution in [3.8, 4) is 0 Å². The van der Waals surface area contributed by atoms with Crippen LogP contribution in [-0.4, -0.2) is 26.0 Å². The highest BCUT2D eigenvalue weighted by molar-refractivity contribution is 7.99. The smallest absolute Gasteiger partial charge is 0.338 e. The Bertz CT molecular complexity index is 546. The summed E-state index contributed by atoms with van der Waals surface area (Å²) in [7, 11) is 0. The molecule has 2 aromatic heterocycles. The van der Waals surface area contributed by atoms with Crippen molar-refractivity contribution in [1.82, 2.24) is 15.0 Å². The first-order valence-electron chi connectivity index (χ1n) is 4.81. The van der Waals surface area contributed by atoms with E-state index in [4.69, 9.17) is 5.11 Å². The van der Waals surface area contributed by atoms with E-state index in [0.29, 0.717) is 10.1 Å². The summed E-state index contributed by atoms with van der Waals surface area (Å²) < 4.78 is 0. The first-order valence-corrected chi connectivity index (χ1v) is 5.63. The Morgan fingerprint density at radius 2 is 2.18 bits per heavy atom. The summed E-state index contributed by atoms with van der Waals surface area (Å²) in [6.45, 7) is 1.81. The first-order chi connectivity index (χ1) is 8.16. The number of hydrogen-bond donors (Lipinski definition) is 1. The molecule has 0 saturated carbocycles. The topological polar surface area (TPSA) is 76.0 Å². The van der Waals surface area contributed by atoms with Crippen molar-refractivity contribution >= 4 is 17.7 Å². The third kappa shape index (κ3) is 2.79. The predicted molar refractivity (Wildman–Crippen MR) is 62.1 cm³/mol. The number of rotatable bonds is 3. The molecule has 86 valence electrons. The van der Waals surface area contributed by atoms with Crippen molar-refractivity contribution in [1.29, 1.82) is 0 Å². The highest BCUT2D eigenvalue weighted by Crippen LogP contribution is 2.26. The molecule has 2 rings (SSSR count). The molecule has 0 fully saturated rings. The molecule has 0 aliphatic heterocycles. The molecule has 0 atom stereocenters. The van der Waals surface area contributed by atoms with Gasteiger partial charge >= 0.3 is 5.97 Å². The van der Waals surface area contributed by atoms with Gasteiger partial charge in [-0.1, -0.05) is 0 Å². The molecule has 0 aliphatic rings. The van der Waals surface area contributed by atoms with Crippen molar-refractivity contribution in [3.05, 3.63) is 42.0 Å². The Labute approximate surface area is 102 Å². The summed E-state index contributed by atoms with van der Waals surface area (Å²) in [5, 5.41) is 10.1. The van der Waals surface area contributed by atoms with E-state index in [9.17, 15) is 4.79 Å². The summed E-state index contributed by atoms with van der Waals surface area (Å²) in [4.78, 5) is 23.2. The lowest BCUT2D eigenvalue weighted by Gasteiger charge is -2.04. The van der Waals surface area contributed by atoms with Gasteiger partial charge in [-0.25, -0.2) is 14.8 Å². The van der Waals surface area contributed by atoms with Gasteiger partial charge in [-0.15, -0.1) is 0 Å². The number of aromatic nitrogens is 3. The van der Waals surface area contributed by atoms with E-state index in [2.05, 4.69) is 15.0 Å². The lowest BCUT2D eigenvalue weighted by molar-refractivity contribution is 0.0692. The molecular formula is C11H9N3O2S. The molecule has 17 heavy (non-hydrogen) atoms. The van der Waals surface area contributed by atoms with E-state index in [1.54, 1.807) is 30.7 Å². The number of carboxylic acid groups (broad SMARTS) is 1. The summed E-state index contributed by atoms with van der Waals surface area (Å²) in [6.07, 6.45) is 4.69. The molecule has 0 amide bonds. The Morgan fingerprint density at radius 3 is 2.82 bits per heavy atom. The van der Waals surface area contributed by atoms with Gasteiger partial charge in [0.1, 0.15) is 10.1 Å². The lowest BCUT2D eigenvalue weighted by atomic mass is 10.2. The minimum absolute atomic E-state index is 0.172. The van der Waals surface area contributed by atoms with Gasteiger partial charge in [-0.2, -0.15) is 0 Å². The van der Waals surface area contributed by atoms with E-state index in [0.717, 1.165) is 5.69 Å². The summed E-state index contributed by atoms with van der Waals surface area (Å²) in [6, 6.07) is 3.22. The molecule has 0 radical (unpaired) electrons. The van der Waals surface area contributed by atoms with Crippen LogP contribution in [0.3, 0.4) is 0 Å². The van der Waals surface area contributed by atoms with Crippen molar-refractivity contribution in [2.24, 2.45) is 0 Å². The van der Waals surface area contributed by atoms with Crippen molar-refractivity contribution in [2.75, 3.05) is 0 Å². The van der Waals surface area contributed by atoms with E-state index < -0.39 is 5.97 Å². The maximum Gasteiger partial charge on any atom is 0.338 e. The van der Waals surface area contributed by atoms with Crippen LogP contribution in [0.4, 0.5) is 0 Å².